The van der Waals surface area contributed by atoms with Crippen molar-refractivity contribution in [1.82, 2.24) is 19.6 Å². The highest BCUT2D eigenvalue weighted by atomic mass is 32.2. The van der Waals surface area contributed by atoms with Crippen molar-refractivity contribution in [3.05, 3.63) is 66.2 Å². The minimum Gasteiger partial charge on any atom is -0.443 e. The van der Waals surface area contributed by atoms with Crippen molar-refractivity contribution in [1.29, 1.82) is 0 Å². The summed E-state index contributed by atoms with van der Waals surface area (Å²) in [5, 5.41) is 4.27. The van der Waals surface area contributed by atoms with Crippen molar-refractivity contribution in [2.75, 3.05) is 0 Å². The molecule has 0 N–H and O–H groups in total. The van der Waals surface area contributed by atoms with Gasteiger partial charge in [-0.1, -0.05) is 53.7 Å². The van der Waals surface area contributed by atoms with E-state index in [4.69, 9.17) is 28.7 Å². The number of nitrogens with zero attached hydrogens (tertiary/aromatic N) is 4. The summed E-state index contributed by atoms with van der Waals surface area (Å²) in [7, 11) is -5.91. The van der Waals surface area contributed by atoms with Gasteiger partial charge in [0.2, 0.25) is 0 Å². The van der Waals surface area contributed by atoms with E-state index >= 15 is 0 Å². The van der Waals surface area contributed by atoms with E-state index in [1.165, 1.54) is 4.90 Å². The van der Waals surface area contributed by atoms with Crippen molar-refractivity contribution in [3.63, 3.8) is 0 Å². The summed E-state index contributed by atoms with van der Waals surface area (Å²) >= 11 is 0. The third-order valence-corrected chi connectivity index (χ3v) is 9.15. The molecule has 0 spiro atoms. The second kappa shape index (κ2) is 20.6. The zero-order valence-electron chi connectivity index (χ0n) is 35.9. The molecule has 17 nitrogen and oxygen atoms in total. The van der Waals surface area contributed by atoms with Gasteiger partial charge in [-0.25, -0.2) is 24.1 Å². The number of alkyl halides is 3. The first-order valence-corrected chi connectivity index (χ1v) is 19.7. The number of hydrogen-bond acceptors (Lipinski definition) is 14. The molecule has 21 heteroatoms. The van der Waals surface area contributed by atoms with Gasteiger partial charge in [0.1, 0.15) is 17.0 Å². The fraction of sp³-hybridized carbons (Fsp3) is 0.525. The summed E-state index contributed by atoms with van der Waals surface area (Å²) in [5.41, 5.74) is -5.50. The summed E-state index contributed by atoms with van der Waals surface area (Å²) < 4.78 is 76.4. The van der Waals surface area contributed by atoms with Gasteiger partial charge in [-0.15, -0.1) is 0 Å². The van der Waals surface area contributed by atoms with E-state index < -0.39 is 68.6 Å². The van der Waals surface area contributed by atoms with Crippen molar-refractivity contribution in [3.8, 4) is 5.69 Å². The van der Waals surface area contributed by atoms with Gasteiger partial charge in [0.15, 0.2) is 0 Å². The van der Waals surface area contributed by atoms with E-state index in [-0.39, 0.29) is 29.7 Å². The van der Waals surface area contributed by atoms with Gasteiger partial charge in [-0.2, -0.15) is 45.9 Å². The highest BCUT2D eigenvalue weighted by Crippen LogP contribution is 2.39. The number of ether oxygens (including phenoxy) is 2. The molecule has 0 aliphatic carbocycles. The molecule has 336 valence electrons. The molecule has 2 atom stereocenters. The number of amides is 4. The van der Waals surface area contributed by atoms with Gasteiger partial charge < -0.3 is 13.7 Å². The predicted octanol–water partition coefficient (Wildman–Crippen LogP) is 6.99. The van der Waals surface area contributed by atoms with E-state index in [1.807, 2.05) is 57.3 Å². The van der Waals surface area contributed by atoms with E-state index in [9.17, 15) is 40.8 Å². The smallest absolute Gasteiger partial charge is 0.443 e. The monoisotopic (exact) mass is 884 g/mol. The first-order valence-electron chi connectivity index (χ1n) is 18.3. The molecule has 0 unspecified atom stereocenters. The van der Waals surface area contributed by atoms with Crippen molar-refractivity contribution in [2.45, 2.75) is 125 Å². The van der Waals surface area contributed by atoms with Crippen LogP contribution in [0, 0.1) is 10.8 Å². The van der Waals surface area contributed by atoms with Crippen molar-refractivity contribution >= 4 is 52.0 Å². The molecule has 1 aromatic heterocycles. The lowest BCUT2D eigenvalue weighted by molar-refractivity contribution is -0.193. The van der Waals surface area contributed by atoms with Crippen molar-refractivity contribution in [2.24, 2.45) is 10.8 Å². The molecular weight excluding hydrogens is 834 g/mol. The highest BCUT2D eigenvalue weighted by molar-refractivity contribution is 7.87. The number of hydrogen-bond donors (Lipinski definition) is 0. The predicted molar refractivity (Wildman–Crippen MR) is 208 cm³/mol. The minimum absolute atomic E-state index is 0.250. The van der Waals surface area contributed by atoms with Gasteiger partial charge in [-0.3, -0.25) is 9.59 Å². The molecule has 2 aliphatic heterocycles. The summed E-state index contributed by atoms with van der Waals surface area (Å²) in [6.07, 6.45) is 4.80. The fourth-order valence-corrected chi connectivity index (χ4v) is 6.09. The molecule has 0 radical (unpaired) electrons. The minimum atomic E-state index is -5.91. The topological polar surface area (TPSA) is 223 Å². The summed E-state index contributed by atoms with van der Waals surface area (Å²) in [6.45, 7) is 21.2. The third kappa shape index (κ3) is 16.2. The largest absolute Gasteiger partial charge is 0.534 e. The lowest BCUT2D eigenvalue weighted by Gasteiger charge is -2.41. The summed E-state index contributed by atoms with van der Waals surface area (Å²) in [6, 6.07) is 8.50. The van der Waals surface area contributed by atoms with Crippen LogP contribution in [0.15, 0.2) is 60.6 Å². The van der Waals surface area contributed by atoms with Gasteiger partial charge in [0, 0.05) is 31.0 Å². The van der Waals surface area contributed by atoms with E-state index in [1.54, 1.807) is 79.3 Å². The van der Waals surface area contributed by atoms with Crippen LogP contribution in [0.4, 0.5) is 22.8 Å². The van der Waals surface area contributed by atoms with Crippen LogP contribution in [0.3, 0.4) is 0 Å². The van der Waals surface area contributed by atoms with Crippen LogP contribution in [-0.4, -0.2) is 93.1 Å². The molecule has 1 aromatic carbocycles. The Bertz CT molecular complexity index is 2110. The second-order valence-electron chi connectivity index (χ2n) is 17.5. The Balaban J connectivity index is 0.000000543. The van der Waals surface area contributed by atoms with Crippen LogP contribution in [0.5, 0.6) is 0 Å². The Morgan fingerprint density at radius 2 is 1.16 bits per heavy atom. The summed E-state index contributed by atoms with van der Waals surface area (Å²) in [5.74, 6) is -2.05. The molecule has 0 fully saturated rings. The molecule has 0 bridgehead atoms. The lowest BCUT2D eigenvalue weighted by Crippen LogP contribution is -2.53. The number of rotatable bonds is 4. The Hall–Kier alpha value is -5.91. The van der Waals surface area contributed by atoms with E-state index in [2.05, 4.69) is 9.28 Å². The van der Waals surface area contributed by atoms with E-state index in [0.717, 1.165) is 21.7 Å². The van der Waals surface area contributed by atoms with Crippen LogP contribution in [0.2, 0.25) is 0 Å². The van der Waals surface area contributed by atoms with Crippen LogP contribution in [0.25, 0.3) is 11.3 Å². The molecule has 0 saturated heterocycles. The van der Waals surface area contributed by atoms with Gasteiger partial charge in [0.25, 0.3) is 11.8 Å². The standard InChI is InChI=1S/C23H29N3O3.C15H22F3NO6S.2CO2/c1-22(2,3)19-14-17(15-20(27)26(19)21(28)29-23(4,5)6)16-9-7-10-18(13-16)25-12-8-11-24-25;1-13(2,3)10-7-9(25-26(22,23)15(16,17)18)8-11(20)19(10)12(21)24-14(4,5)6;2*2-1-3/h7-13,15,19H,14H2,1-6H3;8,10H,7H2,1-6H3;;/t19-;10-;;/m11../s1. The van der Waals surface area contributed by atoms with Gasteiger partial charge in [0.05, 0.1) is 17.8 Å². The Morgan fingerprint density at radius 3 is 1.56 bits per heavy atom. The number of imide groups is 2. The number of benzene rings is 1. The lowest BCUT2D eigenvalue weighted by atomic mass is 9.79. The second-order valence-corrected chi connectivity index (χ2v) is 19.0. The average Bonchev–Trinajstić information content (AvgIpc) is 3.61. The Kier molecular flexibility index (Phi) is 17.9. The normalized spacial score (nSPS) is 17.2. The van der Waals surface area contributed by atoms with Gasteiger partial charge in [-0.05, 0) is 88.1 Å². The molecule has 4 amide bonds. The maximum Gasteiger partial charge on any atom is 0.534 e. The van der Waals surface area contributed by atoms with Crippen LogP contribution >= 0.6 is 0 Å². The zero-order valence-corrected chi connectivity index (χ0v) is 36.7. The summed E-state index contributed by atoms with van der Waals surface area (Å²) in [4.78, 5) is 85.0. The number of carbonyl (C=O) groups is 4. The maximum atomic E-state index is 13.0. The molecule has 2 aliphatic rings. The molecule has 61 heavy (non-hydrogen) atoms. The van der Waals surface area contributed by atoms with Crippen LogP contribution in [0.1, 0.15) is 101 Å². The first-order chi connectivity index (χ1) is 27.6. The quantitative estimate of drug-likeness (QED) is 0.223. The number of carbonyl (C=O) groups excluding carboxylic acids is 8. The first kappa shape index (κ1) is 53.1. The Labute approximate surface area is 352 Å². The van der Waals surface area contributed by atoms with E-state index in [0.29, 0.717) is 12.5 Å². The highest BCUT2D eigenvalue weighted by Gasteiger charge is 2.51. The number of halogens is 3. The van der Waals surface area contributed by atoms with Crippen molar-refractivity contribution < 1.29 is 73.6 Å². The third-order valence-electron chi connectivity index (χ3n) is 8.15. The maximum absolute atomic E-state index is 13.0. The molecule has 3 heterocycles. The van der Waals surface area contributed by atoms with Gasteiger partial charge >= 0.3 is 40.1 Å². The molecular formula is C40H51F3N4O13S. The fourth-order valence-electron chi connectivity index (χ4n) is 5.59. The molecule has 4 rings (SSSR count). The number of aromatic nitrogens is 2. The Morgan fingerprint density at radius 1 is 0.721 bits per heavy atom. The average molecular weight is 885 g/mol. The zero-order chi connectivity index (χ0) is 47.5. The molecule has 2 aromatic rings. The molecule has 0 saturated carbocycles. The van der Waals surface area contributed by atoms with Crippen LogP contribution < -0.4 is 0 Å². The SMILES string of the molecule is CC(C)(C)OC(=O)N1C(=O)C=C(OS(=O)(=O)C(F)(F)F)C[C@@H]1C(C)(C)C.CC(C)(C)OC(=O)N1C(=O)C=C(c2cccc(-n3cccn3)c2)C[C@@H]1C(C)(C)C.O=C=O.O=C=O. The van der Waals surface area contributed by atoms with Crippen LogP contribution in [-0.2, 0) is 52.5 Å².